The number of unbranched alkanes of at least 4 members (excludes halogenated alkanes) is 26. The van der Waals surface area contributed by atoms with Crippen LogP contribution in [0.15, 0.2) is 24.3 Å². The molecular weight excluding hydrogens is 713 g/mol. The van der Waals surface area contributed by atoms with Gasteiger partial charge in [0.05, 0.1) is 13.2 Å². The standard InChI is InChI=1S/C45H86NO8P/c1-3-5-7-9-11-13-15-17-19-20-21-22-24-25-27-29-31-33-35-37-44(47)51-41-43(42-53-55(49,50)52-40-39-46)54-45(48)38-36-34-32-30-28-26-23-18-16-14-12-10-8-6-4-2/h12,14,18,23,43H,3-11,13,15-17,19-22,24-42,46H2,1-2H3,(H,49,50). The molecule has 9 nitrogen and oxygen atoms in total. The summed E-state index contributed by atoms with van der Waals surface area (Å²) in [6, 6.07) is 0. The van der Waals surface area contributed by atoms with Crippen LogP contribution in [0.2, 0.25) is 0 Å². The summed E-state index contributed by atoms with van der Waals surface area (Å²) in [5, 5.41) is 0. The number of phosphoric ester groups is 1. The van der Waals surface area contributed by atoms with E-state index < -0.39 is 26.5 Å². The monoisotopic (exact) mass is 800 g/mol. The zero-order valence-electron chi connectivity index (χ0n) is 35.7. The van der Waals surface area contributed by atoms with E-state index in [9.17, 15) is 19.0 Å². The molecule has 0 rings (SSSR count). The van der Waals surface area contributed by atoms with Crippen LogP contribution in [0.5, 0.6) is 0 Å². The van der Waals surface area contributed by atoms with Gasteiger partial charge in [-0.25, -0.2) is 4.57 Å². The highest BCUT2D eigenvalue weighted by atomic mass is 31.2. The number of hydrogen-bond acceptors (Lipinski definition) is 8. The van der Waals surface area contributed by atoms with E-state index in [1.807, 2.05) is 0 Å². The van der Waals surface area contributed by atoms with E-state index in [-0.39, 0.29) is 38.6 Å². The summed E-state index contributed by atoms with van der Waals surface area (Å²) in [6.45, 7) is 3.72. The normalized spacial score (nSPS) is 13.5. The van der Waals surface area contributed by atoms with Crippen molar-refractivity contribution in [1.29, 1.82) is 0 Å². The number of ether oxygens (including phenoxy) is 2. The molecule has 55 heavy (non-hydrogen) atoms. The fourth-order valence-electron chi connectivity index (χ4n) is 6.43. The minimum absolute atomic E-state index is 0.0525. The number of esters is 2. The van der Waals surface area contributed by atoms with Crippen LogP contribution in [-0.2, 0) is 32.7 Å². The Labute approximate surface area is 338 Å². The third-order valence-corrected chi connectivity index (χ3v) is 10.8. The lowest BCUT2D eigenvalue weighted by Crippen LogP contribution is -2.29. The Balaban J connectivity index is 4.09. The zero-order chi connectivity index (χ0) is 40.3. The SMILES string of the molecule is CCCCCC=CCC=CCCCCCCCC(=O)OC(COC(=O)CCCCCCCCCCCCCCCCCCCCC)COP(=O)(O)OCCN. The number of allylic oxidation sites excluding steroid dienone is 4. The molecule has 2 unspecified atom stereocenters. The van der Waals surface area contributed by atoms with Crippen molar-refractivity contribution in [2.45, 2.75) is 225 Å². The first kappa shape index (κ1) is 53.5. The second-order valence-electron chi connectivity index (χ2n) is 15.3. The van der Waals surface area contributed by atoms with Crippen LogP contribution in [-0.4, -0.2) is 49.3 Å². The Hall–Kier alpha value is -1.51. The van der Waals surface area contributed by atoms with Crippen molar-refractivity contribution in [3.05, 3.63) is 24.3 Å². The topological polar surface area (TPSA) is 134 Å². The summed E-state index contributed by atoms with van der Waals surface area (Å²) in [4.78, 5) is 34.9. The second kappa shape index (κ2) is 42.1. The fraction of sp³-hybridized carbons (Fsp3) is 0.867. The summed E-state index contributed by atoms with van der Waals surface area (Å²) < 4.78 is 32.8. The van der Waals surface area contributed by atoms with Crippen molar-refractivity contribution in [1.82, 2.24) is 0 Å². The van der Waals surface area contributed by atoms with Gasteiger partial charge in [-0.05, 0) is 44.9 Å². The third-order valence-electron chi connectivity index (χ3n) is 9.84. The first-order valence-corrected chi connectivity index (χ1v) is 24.3. The van der Waals surface area contributed by atoms with Gasteiger partial charge >= 0.3 is 19.8 Å². The smallest absolute Gasteiger partial charge is 0.462 e. The number of nitrogens with two attached hydrogens (primary N) is 1. The van der Waals surface area contributed by atoms with E-state index in [2.05, 4.69) is 38.2 Å². The fourth-order valence-corrected chi connectivity index (χ4v) is 7.20. The highest BCUT2D eigenvalue weighted by Gasteiger charge is 2.26. The molecule has 0 saturated heterocycles. The van der Waals surface area contributed by atoms with Crippen LogP contribution in [0.1, 0.15) is 219 Å². The Morgan fingerprint density at radius 3 is 1.42 bits per heavy atom. The molecule has 0 saturated carbocycles. The molecular formula is C45H86NO8P. The van der Waals surface area contributed by atoms with Crippen molar-refractivity contribution in [2.75, 3.05) is 26.4 Å². The molecule has 10 heteroatoms. The van der Waals surface area contributed by atoms with E-state index in [0.717, 1.165) is 57.8 Å². The quantitative estimate of drug-likeness (QED) is 0.0267. The summed E-state index contributed by atoms with van der Waals surface area (Å²) >= 11 is 0. The van der Waals surface area contributed by atoms with Crippen molar-refractivity contribution in [3.63, 3.8) is 0 Å². The Morgan fingerprint density at radius 2 is 0.945 bits per heavy atom. The lowest BCUT2D eigenvalue weighted by molar-refractivity contribution is -0.161. The number of phosphoric acid groups is 1. The molecule has 0 aromatic carbocycles. The molecule has 0 radical (unpaired) electrons. The first-order valence-electron chi connectivity index (χ1n) is 22.8. The van der Waals surface area contributed by atoms with E-state index >= 15 is 0 Å². The first-order chi connectivity index (χ1) is 26.8. The predicted molar refractivity (Wildman–Crippen MR) is 229 cm³/mol. The maximum absolute atomic E-state index is 12.6. The molecule has 0 aliphatic heterocycles. The van der Waals surface area contributed by atoms with Crippen molar-refractivity contribution < 1.29 is 37.6 Å². The Morgan fingerprint density at radius 1 is 0.545 bits per heavy atom. The summed E-state index contributed by atoms with van der Waals surface area (Å²) in [7, 11) is -4.38. The molecule has 0 amide bonds. The van der Waals surface area contributed by atoms with Gasteiger partial charge in [-0.2, -0.15) is 0 Å². The van der Waals surface area contributed by atoms with Crippen LogP contribution in [0.25, 0.3) is 0 Å². The van der Waals surface area contributed by atoms with Gasteiger partial charge < -0.3 is 20.1 Å². The molecule has 324 valence electrons. The average molecular weight is 800 g/mol. The Bertz CT molecular complexity index is 959. The van der Waals surface area contributed by atoms with Gasteiger partial charge in [-0.15, -0.1) is 0 Å². The lowest BCUT2D eigenvalue weighted by atomic mass is 10.0. The third kappa shape index (κ3) is 41.9. The maximum Gasteiger partial charge on any atom is 0.472 e. The summed E-state index contributed by atoms with van der Waals surface area (Å²) in [5.41, 5.74) is 5.35. The number of rotatable bonds is 43. The van der Waals surface area contributed by atoms with Crippen LogP contribution in [0.3, 0.4) is 0 Å². The van der Waals surface area contributed by atoms with Crippen LogP contribution < -0.4 is 5.73 Å². The van der Waals surface area contributed by atoms with Crippen LogP contribution in [0.4, 0.5) is 0 Å². The number of carbonyl (C=O) groups excluding carboxylic acids is 2. The maximum atomic E-state index is 12.6. The minimum atomic E-state index is -4.38. The predicted octanol–water partition coefficient (Wildman–Crippen LogP) is 13.2. The highest BCUT2D eigenvalue weighted by Crippen LogP contribution is 2.43. The van der Waals surface area contributed by atoms with Crippen molar-refractivity contribution in [3.8, 4) is 0 Å². The van der Waals surface area contributed by atoms with Gasteiger partial charge in [0.2, 0.25) is 0 Å². The molecule has 0 aliphatic rings. The molecule has 0 aromatic rings. The van der Waals surface area contributed by atoms with Crippen LogP contribution >= 0.6 is 7.82 Å². The molecule has 3 N–H and O–H groups in total. The number of carbonyl (C=O) groups is 2. The van der Waals surface area contributed by atoms with Gasteiger partial charge in [-0.3, -0.25) is 18.6 Å². The molecule has 0 bridgehead atoms. The van der Waals surface area contributed by atoms with Gasteiger partial charge in [0, 0.05) is 19.4 Å². The van der Waals surface area contributed by atoms with Crippen molar-refractivity contribution >= 4 is 19.8 Å². The molecule has 0 aliphatic carbocycles. The van der Waals surface area contributed by atoms with Crippen molar-refractivity contribution in [2.24, 2.45) is 5.73 Å². The van der Waals surface area contributed by atoms with E-state index in [0.29, 0.717) is 6.42 Å². The minimum Gasteiger partial charge on any atom is -0.462 e. The number of hydrogen-bond donors (Lipinski definition) is 2. The van der Waals surface area contributed by atoms with Crippen LogP contribution in [0, 0.1) is 0 Å². The Kier molecular flexibility index (Phi) is 40.9. The average Bonchev–Trinajstić information content (AvgIpc) is 3.17. The van der Waals surface area contributed by atoms with E-state index in [1.165, 1.54) is 128 Å². The lowest BCUT2D eigenvalue weighted by Gasteiger charge is -2.19. The molecule has 0 heterocycles. The van der Waals surface area contributed by atoms with Gasteiger partial charge in [0.15, 0.2) is 6.10 Å². The second-order valence-corrected chi connectivity index (χ2v) is 16.7. The summed E-state index contributed by atoms with van der Waals surface area (Å²) in [5.74, 6) is -0.835. The zero-order valence-corrected chi connectivity index (χ0v) is 36.6. The molecule has 0 spiro atoms. The molecule has 2 atom stereocenters. The molecule has 0 fully saturated rings. The molecule has 0 aromatic heterocycles. The van der Waals surface area contributed by atoms with E-state index in [4.69, 9.17) is 24.3 Å². The van der Waals surface area contributed by atoms with Gasteiger partial charge in [-0.1, -0.05) is 186 Å². The highest BCUT2D eigenvalue weighted by molar-refractivity contribution is 7.47. The largest absolute Gasteiger partial charge is 0.472 e. The van der Waals surface area contributed by atoms with E-state index in [1.54, 1.807) is 0 Å². The van der Waals surface area contributed by atoms with Gasteiger partial charge in [0.25, 0.3) is 0 Å². The summed E-state index contributed by atoms with van der Waals surface area (Å²) in [6.07, 6.45) is 44.9. The van der Waals surface area contributed by atoms with Gasteiger partial charge in [0.1, 0.15) is 6.61 Å².